The van der Waals surface area contributed by atoms with Gasteiger partial charge in [-0.2, -0.15) is 0 Å². The molecule has 1 saturated heterocycles. The van der Waals surface area contributed by atoms with Gasteiger partial charge < -0.3 is 4.90 Å². The number of piperidine rings is 1. The summed E-state index contributed by atoms with van der Waals surface area (Å²) in [5, 5.41) is 0. The molecule has 1 heterocycles. The largest absolute Gasteiger partial charge is 0.342 e. The Labute approximate surface area is 127 Å². The van der Waals surface area contributed by atoms with E-state index in [9.17, 15) is 9.59 Å². The van der Waals surface area contributed by atoms with Gasteiger partial charge in [-0.1, -0.05) is 44.2 Å². The first-order chi connectivity index (χ1) is 10.2. The molecule has 2 rings (SSSR count). The predicted molar refractivity (Wildman–Crippen MR) is 84.1 cm³/mol. The zero-order valence-corrected chi connectivity index (χ0v) is 13.0. The highest BCUT2D eigenvalue weighted by Gasteiger charge is 2.30. The molecule has 0 N–H and O–H groups in total. The maximum atomic E-state index is 12.5. The minimum Gasteiger partial charge on any atom is -0.342 e. The molecule has 0 saturated carbocycles. The maximum absolute atomic E-state index is 12.5. The first-order valence-corrected chi connectivity index (χ1v) is 8.05. The summed E-state index contributed by atoms with van der Waals surface area (Å²) in [6.45, 7) is 5.50. The van der Waals surface area contributed by atoms with Crippen molar-refractivity contribution < 1.29 is 9.59 Å². The van der Waals surface area contributed by atoms with E-state index in [0.717, 1.165) is 37.8 Å². The maximum Gasteiger partial charge on any atom is 0.225 e. The number of likely N-dealkylation sites (tertiary alicyclic amines) is 1. The number of carbonyl (C=O) groups is 2. The number of hydrogen-bond donors (Lipinski definition) is 0. The van der Waals surface area contributed by atoms with Crippen molar-refractivity contribution in [3.63, 3.8) is 0 Å². The molecule has 1 amide bonds. The number of ketones is 1. The van der Waals surface area contributed by atoms with Crippen LogP contribution in [-0.4, -0.2) is 29.7 Å². The Bertz CT molecular complexity index is 479. The van der Waals surface area contributed by atoms with Crippen LogP contribution in [0.1, 0.15) is 49.9 Å². The molecule has 1 aromatic rings. The molecule has 1 atom stereocenters. The van der Waals surface area contributed by atoms with Crippen LogP contribution in [0.2, 0.25) is 0 Å². The summed E-state index contributed by atoms with van der Waals surface area (Å²) in [5.41, 5.74) is 0.763. The fourth-order valence-electron chi connectivity index (χ4n) is 3.13. The van der Waals surface area contributed by atoms with Crippen LogP contribution in [0.5, 0.6) is 0 Å². The molecule has 0 bridgehead atoms. The molecule has 1 aliphatic rings. The molecule has 3 nitrogen and oxygen atoms in total. The molecule has 0 aliphatic carbocycles. The third-order valence-electron chi connectivity index (χ3n) is 4.50. The van der Waals surface area contributed by atoms with Crippen LogP contribution in [0.25, 0.3) is 0 Å². The minimum atomic E-state index is -0.0422. The summed E-state index contributed by atoms with van der Waals surface area (Å²) in [4.78, 5) is 26.9. The van der Waals surface area contributed by atoms with Crippen LogP contribution in [-0.2, 0) is 4.79 Å². The van der Waals surface area contributed by atoms with Crippen molar-refractivity contribution in [1.29, 1.82) is 0 Å². The summed E-state index contributed by atoms with van der Waals surface area (Å²) in [5.74, 6) is 0.471. The first-order valence-electron chi connectivity index (χ1n) is 8.05. The highest BCUT2D eigenvalue weighted by molar-refractivity contribution is 5.98. The zero-order valence-electron chi connectivity index (χ0n) is 13.0. The SMILES string of the molecule is CCC(CC)C(=O)N1CCCC(C(=O)c2ccccc2)C1. The van der Waals surface area contributed by atoms with Gasteiger partial charge in [0.15, 0.2) is 5.78 Å². The van der Waals surface area contributed by atoms with Crippen LogP contribution in [0.3, 0.4) is 0 Å². The lowest BCUT2D eigenvalue weighted by Crippen LogP contribution is -2.44. The van der Waals surface area contributed by atoms with E-state index in [4.69, 9.17) is 0 Å². The third kappa shape index (κ3) is 3.72. The van der Waals surface area contributed by atoms with Gasteiger partial charge in [0, 0.05) is 30.5 Å². The molecule has 0 aromatic heterocycles. The molecule has 21 heavy (non-hydrogen) atoms. The molecule has 1 aromatic carbocycles. The second-order valence-corrected chi connectivity index (χ2v) is 5.87. The van der Waals surface area contributed by atoms with Crippen LogP contribution in [0.4, 0.5) is 0 Å². The van der Waals surface area contributed by atoms with Gasteiger partial charge in [-0.3, -0.25) is 9.59 Å². The van der Waals surface area contributed by atoms with Crippen molar-refractivity contribution in [1.82, 2.24) is 4.90 Å². The average Bonchev–Trinajstić information content (AvgIpc) is 2.56. The summed E-state index contributed by atoms with van der Waals surface area (Å²) >= 11 is 0. The summed E-state index contributed by atoms with van der Waals surface area (Å²) in [6, 6.07) is 9.43. The van der Waals surface area contributed by atoms with Crippen LogP contribution in [0.15, 0.2) is 30.3 Å². The zero-order chi connectivity index (χ0) is 15.2. The van der Waals surface area contributed by atoms with Gasteiger partial charge in [0.25, 0.3) is 0 Å². The predicted octanol–water partition coefficient (Wildman–Crippen LogP) is 3.54. The quantitative estimate of drug-likeness (QED) is 0.777. The number of rotatable bonds is 5. The van der Waals surface area contributed by atoms with Gasteiger partial charge in [0.2, 0.25) is 5.91 Å². The standard InChI is InChI=1S/C18H25NO2/c1-3-14(4-2)18(21)19-12-8-11-16(13-19)17(20)15-9-6-5-7-10-15/h5-7,9-10,14,16H,3-4,8,11-13H2,1-2H3. The highest BCUT2D eigenvalue weighted by atomic mass is 16.2. The normalized spacial score (nSPS) is 18.8. The number of benzene rings is 1. The van der Waals surface area contributed by atoms with Crippen molar-refractivity contribution in [2.75, 3.05) is 13.1 Å². The molecule has 0 radical (unpaired) electrons. The summed E-state index contributed by atoms with van der Waals surface area (Å²) in [6.07, 6.45) is 3.57. The van der Waals surface area contributed by atoms with Crippen molar-refractivity contribution in [3.8, 4) is 0 Å². The van der Waals surface area contributed by atoms with E-state index >= 15 is 0 Å². The summed E-state index contributed by atoms with van der Waals surface area (Å²) in [7, 11) is 0. The molecular formula is C18H25NO2. The molecule has 114 valence electrons. The van der Waals surface area contributed by atoms with Crippen LogP contribution >= 0.6 is 0 Å². The van der Waals surface area contributed by atoms with E-state index in [-0.39, 0.29) is 23.5 Å². The van der Waals surface area contributed by atoms with Gasteiger partial charge in [0.1, 0.15) is 0 Å². The molecule has 1 aliphatic heterocycles. The number of Topliss-reactive ketones (excluding diaryl/α,β-unsaturated/α-hetero) is 1. The minimum absolute atomic E-state index is 0.0422. The number of amides is 1. The van der Waals surface area contributed by atoms with Crippen molar-refractivity contribution >= 4 is 11.7 Å². The molecule has 1 fully saturated rings. The topological polar surface area (TPSA) is 37.4 Å². The lowest BCUT2D eigenvalue weighted by atomic mass is 9.89. The second-order valence-electron chi connectivity index (χ2n) is 5.87. The Balaban J connectivity index is 2.04. The highest BCUT2D eigenvalue weighted by Crippen LogP contribution is 2.23. The molecular weight excluding hydrogens is 262 g/mol. The lowest BCUT2D eigenvalue weighted by molar-refractivity contribution is -0.137. The number of nitrogens with zero attached hydrogens (tertiary/aromatic N) is 1. The Morgan fingerprint density at radius 1 is 1.19 bits per heavy atom. The van der Waals surface area contributed by atoms with Crippen LogP contribution < -0.4 is 0 Å². The van der Waals surface area contributed by atoms with Gasteiger partial charge >= 0.3 is 0 Å². The van der Waals surface area contributed by atoms with Gasteiger partial charge in [-0.05, 0) is 25.7 Å². The Hall–Kier alpha value is -1.64. The van der Waals surface area contributed by atoms with Crippen LogP contribution in [0, 0.1) is 11.8 Å². The van der Waals surface area contributed by atoms with E-state index in [1.165, 1.54) is 0 Å². The van der Waals surface area contributed by atoms with Crippen molar-refractivity contribution in [2.45, 2.75) is 39.5 Å². The Morgan fingerprint density at radius 3 is 2.48 bits per heavy atom. The monoisotopic (exact) mass is 287 g/mol. The Kier molecular flexibility index (Phi) is 5.54. The molecule has 0 spiro atoms. The van der Waals surface area contributed by atoms with Crippen molar-refractivity contribution in [3.05, 3.63) is 35.9 Å². The van der Waals surface area contributed by atoms with E-state index < -0.39 is 0 Å². The smallest absolute Gasteiger partial charge is 0.225 e. The number of carbonyl (C=O) groups excluding carboxylic acids is 2. The fourth-order valence-corrected chi connectivity index (χ4v) is 3.13. The van der Waals surface area contributed by atoms with E-state index in [1.807, 2.05) is 35.2 Å². The lowest BCUT2D eigenvalue weighted by Gasteiger charge is -2.34. The first kappa shape index (κ1) is 15.7. The van der Waals surface area contributed by atoms with Crippen molar-refractivity contribution in [2.24, 2.45) is 11.8 Å². The number of hydrogen-bond acceptors (Lipinski definition) is 2. The third-order valence-corrected chi connectivity index (χ3v) is 4.50. The van der Waals surface area contributed by atoms with Gasteiger partial charge in [-0.25, -0.2) is 0 Å². The van der Waals surface area contributed by atoms with Gasteiger partial charge in [-0.15, -0.1) is 0 Å². The average molecular weight is 287 g/mol. The summed E-state index contributed by atoms with van der Waals surface area (Å²) < 4.78 is 0. The van der Waals surface area contributed by atoms with E-state index in [0.29, 0.717) is 6.54 Å². The van der Waals surface area contributed by atoms with E-state index in [1.54, 1.807) is 0 Å². The second kappa shape index (κ2) is 7.39. The van der Waals surface area contributed by atoms with Gasteiger partial charge in [0.05, 0.1) is 0 Å². The van der Waals surface area contributed by atoms with E-state index in [2.05, 4.69) is 13.8 Å². The Morgan fingerprint density at radius 2 is 1.86 bits per heavy atom. The molecule has 1 unspecified atom stereocenters. The molecule has 3 heteroatoms. The fraction of sp³-hybridized carbons (Fsp3) is 0.556.